The Morgan fingerprint density at radius 3 is 2.69 bits per heavy atom. The lowest BCUT2D eigenvalue weighted by molar-refractivity contribution is -0.118. The first-order chi connectivity index (χ1) is 17.1. The van der Waals surface area contributed by atoms with Crippen molar-refractivity contribution >= 4 is 21.7 Å². The highest BCUT2D eigenvalue weighted by Gasteiger charge is 2.44. The number of ether oxygens (including phenoxy) is 2. The van der Waals surface area contributed by atoms with Gasteiger partial charge >= 0.3 is 0 Å². The topological polar surface area (TPSA) is 88.6 Å². The van der Waals surface area contributed by atoms with Crippen LogP contribution in [0.3, 0.4) is 0 Å². The van der Waals surface area contributed by atoms with Gasteiger partial charge in [0.2, 0.25) is 0 Å². The van der Waals surface area contributed by atoms with E-state index in [0.717, 1.165) is 11.3 Å². The van der Waals surface area contributed by atoms with Crippen molar-refractivity contribution in [3.8, 4) is 11.8 Å². The van der Waals surface area contributed by atoms with Crippen LogP contribution in [0.5, 0.6) is 5.75 Å². The lowest BCUT2D eigenvalue weighted by atomic mass is 9.68. The van der Waals surface area contributed by atoms with Crippen LogP contribution in [0, 0.1) is 22.6 Å². The molecule has 6 nitrogen and oxygen atoms in total. The van der Waals surface area contributed by atoms with E-state index < -0.39 is 5.92 Å². The number of benzene rings is 2. The number of ketones is 1. The molecule has 2 aromatic carbocycles. The number of hydrogen-bond donors (Lipinski definition) is 1. The molecule has 0 unspecified atom stereocenters. The summed E-state index contributed by atoms with van der Waals surface area (Å²) in [6, 6.07) is 14.0. The predicted molar refractivity (Wildman–Crippen MR) is 138 cm³/mol. The highest BCUT2D eigenvalue weighted by molar-refractivity contribution is 9.10. The number of nitrogens with two attached hydrogens (primary N) is 1. The Morgan fingerprint density at radius 1 is 1.25 bits per heavy atom. The summed E-state index contributed by atoms with van der Waals surface area (Å²) in [5, 5.41) is 10.1. The maximum absolute atomic E-state index is 13.5. The van der Waals surface area contributed by atoms with Crippen LogP contribution in [-0.2, 0) is 16.1 Å². The molecular formula is C28H29BrFN3O3. The van der Waals surface area contributed by atoms with Crippen LogP contribution in [0.4, 0.5) is 4.39 Å². The zero-order chi connectivity index (χ0) is 26.0. The summed E-state index contributed by atoms with van der Waals surface area (Å²) < 4.78 is 25.3. The number of carbonyl (C=O) groups excluding carboxylic acids is 1. The molecule has 2 N–H and O–H groups in total. The SMILES string of the molecule is COCCN1C(N)=C(C#N)[C@H](c2ccc(OCc3cccc(F)c3)c(Br)c2)C2=C1CC(C)(C)CC2=O. The van der Waals surface area contributed by atoms with Gasteiger partial charge < -0.3 is 20.1 Å². The summed E-state index contributed by atoms with van der Waals surface area (Å²) in [4.78, 5) is 15.4. The fourth-order valence-electron chi connectivity index (χ4n) is 4.95. The molecule has 8 heteroatoms. The maximum atomic E-state index is 13.5. The maximum Gasteiger partial charge on any atom is 0.162 e. The third kappa shape index (κ3) is 5.18. The molecule has 0 bridgehead atoms. The summed E-state index contributed by atoms with van der Waals surface area (Å²) in [5.41, 5.74) is 9.64. The summed E-state index contributed by atoms with van der Waals surface area (Å²) in [5.74, 6) is 0.0604. The van der Waals surface area contributed by atoms with Crippen LogP contribution < -0.4 is 10.5 Å². The van der Waals surface area contributed by atoms with Crippen molar-refractivity contribution < 1.29 is 18.7 Å². The van der Waals surface area contributed by atoms with E-state index in [1.54, 1.807) is 25.3 Å². The second kappa shape index (κ2) is 10.5. The number of rotatable bonds is 7. The van der Waals surface area contributed by atoms with Gasteiger partial charge in [-0.15, -0.1) is 0 Å². The first kappa shape index (κ1) is 25.9. The number of carbonyl (C=O) groups is 1. The van der Waals surface area contributed by atoms with E-state index in [9.17, 15) is 14.4 Å². The molecule has 0 saturated carbocycles. The average molecular weight is 554 g/mol. The highest BCUT2D eigenvalue weighted by Crippen LogP contribution is 2.49. The minimum absolute atomic E-state index is 0.0245. The predicted octanol–water partition coefficient (Wildman–Crippen LogP) is 5.55. The zero-order valence-electron chi connectivity index (χ0n) is 20.6. The van der Waals surface area contributed by atoms with Gasteiger partial charge in [0.25, 0.3) is 0 Å². The smallest absolute Gasteiger partial charge is 0.162 e. The van der Waals surface area contributed by atoms with Gasteiger partial charge in [-0.05, 0) is 63.2 Å². The van der Waals surface area contributed by atoms with Gasteiger partial charge in [0, 0.05) is 31.3 Å². The quantitative estimate of drug-likeness (QED) is 0.483. The van der Waals surface area contributed by atoms with E-state index in [1.165, 1.54) is 12.1 Å². The molecule has 0 fully saturated rings. The highest BCUT2D eigenvalue weighted by atomic mass is 79.9. The number of hydrogen-bond acceptors (Lipinski definition) is 6. The first-order valence-corrected chi connectivity index (χ1v) is 12.5. The van der Waals surface area contributed by atoms with Gasteiger partial charge in [-0.3, -0.25) is 4.79 Å². The Morgan fingerprint density at radius 2 is 2.03 bits per heavy atom. The zero-order valence-corrected chi connectivity index (χ0v) is 22.2. The van der Waals surface area contributed by atoms with Crippen molar-refractivity contribution in [1.29, 1.82) is 5.26 Å². The minimum atomic E-state index is -0.569. The molecule has 0 saturated heterocycles. The molecular weight excluding hydrogens is 525 g/mol. The van der Waals surface area contributed by atoms with E-state index in [0.29, 0.717) is 58.7 Å². The Balaban J connectivity index is 1.72. The number of Topliss-reactive ketones (excluding diaryl/α,β-unsaturated/α-hetero) is 1. The molecule has 0 amide bonds. The van der Waals surface area contributed by atoms with Gasteiger partial charge in [-0.25, -0.2) is 4.39 Å². The largest absolute Gasteiger partial charge is 0.488 e. The standard InChI is InChI=1S/C28H29BrFN3O3/c1-28(2)13-22-26(23(34)14-28)25(20(15-31)27(32)33(22)9-10-35-3)18-7-8-24(21(29)12-18)36-16-17-5-4-6-19(30)11-17/h4-8,11-12,25H,9-10,13-14,16,32H2,1-3H3/t25-/m0/s1. The van der Waals surface area contributed by atoms with Crippen LogP contribution >= 0.6 is 15.9 Å². The number of allylic oxidation sites excluding steroid dienone is 3. The molecule has 2 aliphatic rings. The molecule has 0 spiro atoms. The van der Waals surface area contributed by atoms with Crippen molar-refractivity contribution in [2.45, 2.75) is 39.2 Å². The fourth-order valence-corrected chi connectivity index (χ4v) is 5.46. The van der Waals surface area contributed by atoms with E-state index >= 15 is 0 Å². The second-order valence-electron chi connectivity index (χ2n) is 9.90. The van der Waals surface area contributed by atoms with Crippen molar-refractivity contribution in [3.63, 3.8) is 0 Å². The molecule has 2 aromatic rings. The van der Waals surface area contributed by atoms with Crippen LogP contribution in [0.25, 0.3) is 0 Å². The lowest BCUT2D eigenvalue weighted by Gasteiger charge is -2.43. The van der Waals surface area contributed by atoms with E-state index in [1.807, 2.05) is 17.0 Å². The van der Waals surface area contributed by atoms with Crippen LogP contribution in [0.2, 0.25) is 0 Å². The van der Waals surface area contributed by atoms with Crippen LogP contribution in [0.15, 0.2) is 69.6 Å². The molecule has 1 aliphatic carbocycles. The molecule has 188 valence electrons. The summed E-state index contributed by atoms with van der Waals surface area (Å²) in [7, 11) is 1.61. The minimum Gasteiger partial charge on any atom is -0.488 e. The fraction of sp³-hybridized carbons (Fsp3) is 0.357. The third-order valence-corrected chi connectivity index (χ3v) is 7.20. The van der Waals surface area contributed by atoms with Gasteiger partial charge in [0.15, 0.2) is 5.78 Å². The van der Waals surface area contributed by atoms with Crippen molar-refractivity contribution in [3.05, 3.63) is 86.5 Å². The van der Waals surface area contributed by atoms with Crippen molar-refractivity contribution in [1.82, 2.24) is 4.90 Å². The molecule has 36 heavy (non-hydrogen) atoms. The molecule has 1 heterocycles. The van der Waals surface area contributed by atoms with Gasteiger partial charge in [0.1, 0.15) is 24.0 Å². The Hall–Kier alpha value is -3.15. The molecule has 0 aromatic heterocycles. The summed E-state index contributed by atoms with van der Waals surface area (Å²) >= 11 is 3.57. The second-order valence-corrected chi connectivity index (χ2v) is 10.8. The molecule has 0 radical (unpaired) electrons. The normalized spacial score (nSPS) is 19.3. The van der Waals surface area contributed by atoms with E-state index in [4.69, 9.17) is 15.2 Å². The Kier molecular flexibility index (Phi) is 7.53. The van der Waals surface area contributed by atoms with Crippen molar-refractivity contribution in [2.75, 3.05) is 20.3 Å². The van der Waals surface area contributed by atoms with Crippen LogP contribution in [-0.4, -0.2) is 30.9 Å². The monoisotopic (exact) mass is 553 g/mol. The molecule has 4 rings (SSSR count). The van der Waals surface area contributed by atoms with Crippen LogP contribution in [0.1, 0.15) is 43.7 Å². The molecule has 1 aliphatic heterocycles. The number of halogens is 2. The van der Waals surface area contributed by atoms with E-state index in [2.05, 4.69) is 35.8 Å². The first-order valence-electron chi connectivity index (χ1n) is 11.7. The van der Waals surface area contributed by atoms with E-state index in [-0.39, 0.29) is 23.6 Å². The average Bonchev–Trinajstić information content (AvgIpc) is 2.81. The lowest BCUT2D eigenvalue weighted by Crippen LogP contribution is -2.43. The number of methoxy groups -OCH3 is 1. The summed E-state index contributed by atoms with van der Waals surface area (Å²) in [6.45, 7) is 5.21. The van der Waals surface area contributed by atoms with Gasteiger partial charge in [-0.2, -0.15) is 5.26 Å². The Labute approximate surface area is 219 Å². The van der Waals surface area contributed by atoms with Gasteiger partial charge in [0.05, 0.1) is 28.6 Å². The number of nitrogens with zero attached hydrogens (tertiary/aromatic N) is 2. The third-order valence-electron chi connectivity index (χ3n) is 6.58. The number of nitriles is 1. The van der Waals surface area contributed by atoms with Gasteiger partial charge in [-0.1, -0.05) is 32.0 Å². The summed E-state index contributed by atoms with van der Waals surface area (Å²) in [6.07, 6.45) is 1.07. The molecule has 1 atom stereocenters. The Bertz CT molecular complexity index is 1300. The van der Waals surface area contributed by atoms with Crippen molar-refractivity contribution in [2.24, 2.45) is 11.1 Å².